The van der Waals surface area contributed by atoms with Gasteiger partial charge in [0.15, 0.2) is 0 Å². The van der Waals surface area contributed by atoms with Crippen molar-refractivity contribution in [3.05, 3.63) is 95.7 Å². The lowest BCUT2D eigenvalue weighted by atomic mass is 10.1. The summed E-state index contributed by atoms with van der Waals surface area (Å²) in [5, 5.41) is 10.3. The predicted molar refractivity (Wildman–Crippen MR) is 115 cm³/mol. The van der Waals surface area contributed by atoms with Crippen molar-refractivity contribution in [3.63, 3.8) is 0 Å². The number of nitriles is 1. The third-order valence-electron chi connectivity index (χ3n) is 5.02. The molecule has 0 amide bonds. The van der Waals surface area contributed by atoms with Gasteiger partial charge in [0.05, 0.1) is 23.5 Å². The Morgan fingerprint density at radius 2 is 1.83 bits per heavy atom. The molecule has 5 heteroatoms. The van der Waals surface area contributed by atoms with E-state index in [2.05, 4.69) is 64.5 Å². The summed E-state index contributed by atoms with van der Waals surface area (Å²) in [6.07, 6.45) is 1.77. The van der Waals surface area contributed by atoms with Crippen LogP contribution in [-0.2, 0) is 11.3 Å². The second kappa shape index (κ2) is 9.71. The van der Waals surface area contributed by atoms with Gasteiger partial charge in [-0.3, -0.25) is 4.90 Å². The van der Waals surface area contributed by atoms with E-state index in [0.717, 1.165) is 24.7 Å². The molecule has 1 saturated heterocycles. The Balaban J connectivity index is 1.56. The van der Waals surface area contributed by atoms with Crippen molar-refractivity contribution in [1.29, 1.82) is 5.26 Å². The summed E-state index contributed by atoms with van der Waals surface area (Å²) < 4.78 is 6.23. The summed E-state index contributed by atoms with van der Waals surface area (Å²) in [4.78, 5) is 6.92. The fraction of sp³-hybridized carbons (Fsp3) is 0.250. The summed E-state index contributed by atoms with van der Waals surface area (Å²) in [5.74, 6) is 0. The number of hydrogen-bond donors (Lipinski definition) is 0. The maximum atomic E-state index is 9.48. The first-order chi connectivity index (χ1) is 14.3. The second-order valence-corrected chi connectivity index (χ2v) is 8.18. The third kappa shape index (κ3) is 5.04. The molecule has 0 unspecified atom stereocenters. The van der Waals surface area contributed by atoms with Crippen LogP contribution in [0.4, 0.5) is 0 Å². The smallest absolute Gasteiger partial charge is 0.114 e. The Kier molecular flexibility index (Phi) is 6.58. The molecule has 2 heterocycles. The number of rotatable bonds is 6. The molecule has 0 aliphatic carbocycles. The molecule has 146 valence electrons. The summed E-state index contributed by atoms with van der Waals surface area (Å²) in [7, 11) is 0. The zero-order chi connectivity index (χ0) is 19.9. The van der Waals surface area contributed by atoms with Crippen LogP contribution in [0.2, 0.25) is 0 Å². The summed E-state index contributed by atoms with van der Waals surface area (Å²) in [6.45, 7) is 3.38. The first-order valence-electron chi connectivity index (χ1n) is 9.78. The Labute approximate surface area is 176 Å². The number of hydrogen-bond acceptors (Lipinski definition) is 5. The van der Waals surface area contributed by atoms with Gasteiger partial charge < -0.3 is 4.74 Å². The predicted octanol–water partition coefficient (Wildman–Crippen LogP) is 4.69. The lowest BCUT2D eigenvalue weighted by Gasteiger charge is -2.37. The minimum Gasteiger partial charge on any atom is -0.374 e. The number of nitrogens with zero attached hydrogens (tertiary/aromatic N) is 3. The third-order valence-corrected chi connectivity index (χ3v) is 6.40. The molecule has 2 aromatic carbocycles. The van der Waals surface area contributed by atoms with Crippen molar-refractivity contribution in [3.8, 4) is 6.07 Å². The summed E-state index contributed by atoms with van der Waals surface area (Å²) in [6, 6.07) is 26.8. The molecule has 1 aliphatic heterocycles. The van der Waals surface area contributed by atoms with Crippen LogP contribution >= 0.6 is 11.8 Å². The van der Waals surface area contributed by atoms with Crippen LogP contribution in [0.5, 0.6) is 0 Å². The number of thioether (sulfide) groups is 1. The number of aromatic nitrogens is 1. The molecule has 0 bridgehead atoms. The molecule has 1 aromatic heterocycles. The minimum absolute atomic E-state index is 0.0217. The number of morpholine rings is 1. The highest BCUT2D eigenvalue weighted by Crippen LogP contribution is 2.40. The fourth-order valence-corrected chi connectivity index (χ4v) is 4.80. The van der Waals surface area contributed by atoms with E-state index in [9.17, 15) is 5.26 Å². The summed E-state index contributed by atoms with van der Waals surface area (Å²) >= 11 is 1.62. The Hall–Kier alpha value is -2.65. The van der Waals surface area contributed by atoms with Crippen molar-refractivity contribution < 1.29 is 4.74 Å². The molecule has 0 radical (unpaired) electrons. The van der Waals surface area contributed by atoms with Gasteiger partial charge in [0.1, 0.15) is 11.1 Å². The summed E-state index contributed by atoms with van der Waals surface area (Å²) in [5.41, 5.74) is 3.11. The van der Waals surface area contributed by atoms with Crippen molar-refractivity contribution in [2.75, 3.05) is 19.7 Å². The van der Waals surface area contributed by atoms with Crippen LogP contribution in [0.25, 0.3) is 0 Å². The Bertz CT molecular complexity index is 959. The second-order valence-electron chi connectivity index (χ2n) is 7.05. The maximum Gasteiger partial charge on any atom is 0.114 e. The number of pyridine rings is 1. The van der Waals surface area contributed by atoms with Crippen LogP contribution in [0.3, 0.4) is 0 Å². The van der Waals surface area contributed by atoms with Crippen molar-refractivity contribution >= 4 is 11.8 Å². The van der Waals surface area contributed by atoms with E-state index in [1.165, 1.54) is 11.1 Å². The van der Waals surface area contributed by atoms with E-state index in [1.54, 1.807) is 24.0 Å². The zero-order valence-electron chi connectivity index (χ0n) is 16.1. The Morgan fingerprint density at radius 1 is 1.07 bits per heavy atom. The van der Waals surface area contributed by atoms with Gasteiger partial charge >= 0.3 is 0 Å². The monoisotopic (exact) mass is 401 g/mol. The van der Waals surface area contributed by atoms with E-state index in [4.69, 9.17) is 4.74 Å². The maximum absolute atomic E-state index is 9.48. The van der Waals surface area contributed by atoms with Gasteiger partial charge in [-0.25, -0.2) is 4.98 Å². The Morgan fingerprint density at radius 3 is 2.59 bits per heavy atom. The van der Waals surface area contributed by atoms with Gasteiger partial charge in [0, 0.05) is 25.8 Å². The molecule has 0 saturated carbocycles. The first-order valence-corrected chi connectivity index (χ1v) is 10.7. The highest BCUT2D eigenvalue weighted by molar-refractivity contribution is 7.99. The topological polar surface area (TPSA) is 49.2 Å². The largest absolute Gasteiger partial charge is 0.374 e. The lowest BCUT2D eigenvalue weighted by molar-refractivity contribution is -0.0320. The molecule has 0 N–H and O–H groups in total. The van der Waals surface area contributed by atoms with Crippen molar-refractivity contribution in [2.45, 2.75) is 22.9 Å². The van der Waals surface area contributed by atoms with E-state index < -0.39 is 0 Å². The molecule has 29 heavy (non-hydrogen) atoms. The van der Waals surface area contributed by atoms with Crippen LogP contribution in [0.15, 0.2) is 84.0 Å². The van der Waals surface area contributed by atoms with E-state index in [-0.39, 0.29) is 11.4 Å². The molecule has 2 atom stereocenters. The van der Waals surface area contributed by atoms with Gasteiger partial charge in [-0.15, -0.1) is 0 Å². The van der Waals surface area contributed by atoms with Crippen molar-refractivity contribution in [2.24, 2.45) is 0 Å². The first kappa shape index (κ1) is 19.7. The van der Waals surface area contributed by atoms with E-state index in [1.807, 2.05) is 18.2 Å². The molecular weight excluding hydrogens is 378 g/mol. The SMILES string of the molecule is N#Cc1cccnc1S[C@@H](c1ccccc1)[C@@H]1CN(Cc2ccccc2)CCO1. The fourth-order valence-electron chi connectivity index (χ4n) is 3.59. The van der Waals surface area contributed by atoms with Crippen LogP contribution in [0, 0.1) is 11.3 Å². The highest BCUT2D eigenvalue weighted by Gasteiger charge is 2.31. The van der Waals surface area contributed by atoms with Crippen molar-refractivity contribution in [1.82, 2.24) is 9.88 Å². The minimum atomic E-state index is 0.0217. The molecule has 1 aliphatic rings. The van der Waals surface area contributed by atoms with Crippen LogP contribution in [-0.4, -0.2) is 35.7 Å². The highest BCUT2D eigenvalue weighted by atomic mass is 32.2. The van der Waals surface area contributed by atoms with Crippen LogP contribution < -0.4 is 0 Å². The number of benzene rings is 2. The molecule has 1 fully saturated rings. The molecule has 4 nitrogen and oxygen atoms in total. The normalized spacial score (nSPS) is 18.1. The lowest BCUT2D eigenvalue weighted by Crippen LogP contribution is -2.44. The quantitative estimate of drug-likeness (QED) is 0.561. The zero-order valence-corrected chi connectivity index (χ0v) is 17.0. The van der Waals surface area contributed by atoms with Gasteiger partial charge in [0.2, 0.25) is 0 Å². The van der Waals surface area contributed by atoms with Gasteiger partial charge in [-0.05, 0) is 23.3 Å². The van der Waals surface area contributed by atoms with Gasteiger partial charge in [-0.1, -0.05) is 72.4 Å². The van der Waals surface area contributed by atoms with E-state index >= 15 is 0 Å². The van der Waals surface area contributed by atoms with Gasteiger partial charge in [-0.2, -0.15) is 5.26 Å². The number of ether oxygens (including phenoxy) is 1. The van der Waals surface area contributed by atoms with Crippen LogP contribution in [0.1, 0.15) is 21.9 Å². The average molecular weight is 402 g/mol. The molecular formula is C24H23N3OS. The average Bonchev–Trinajstić information content (AvgIpc) is 2.79. The molecule has 3 aromatic rings. The van der Waals surface area contributed by atoms with E-state index in [0.29, 0.717) is 12.2 Å². The molecule has 0 spiro atoms. The van der Waals surface area contributed by atoms with Gasteiger partial charge in [0.25, 0.3) is 0 Å². The molecule has 4 rings (SSSR count). The standard InChI is InChI=1S/C24H23N3OS/c25-16-21-12-7-13-26-24(21)29-23(20-10-5-2-6-11-20)22-18-27(14-15-28-22)17-19-8-3-1-4-9-19/h1-13,22-23H,14-15,17-18H2/t22-,23-/m0/s1.